The minimum atomic E-state index is -4.76. The Kier molecular flexibility index (Phi) is 9.19. The van der Waals surface area contributed by atoms with Crippen LogP contribution in [0, 0.1) is 0 Å². The van der Waals surface area contributed by atoms with Gasteiger partial charge in [0, 0.05) is 36.3 Å². The van der Waals surface area contributed by atoms with E-state index in [1.54, 1.807) is 6.07 Å². The summed E-state index contributed by atoms with van der Waals surface area (Å²) in [7, 11) is -4.76. The number of allylic oxidation sites excluding steroid dienone is 6. The number of phenolic OH excluding ortho intramolecular Hbond substituents is 1. The molecule has 2 heterocycles. The van der Waals surface area contributed by atoms with Crippen molar-refractivity contribution in [3.63, 3.8) is 0 Å². The van der Waals surface area contributed by atoms with Crippen LogP contribution in [0.3, 0.4) is 0 Å². The normalized spacial score (nSPS) is 16.4. The van der Waals surface area contributed by atoms with E-state index in [0.717, 1.165) is 56.5 Å². The number of rotatable bonds is 10. The summed E-state index contributed by atoms with van der Waals surface area (Å²) in [6.07, 6.45) is 12.6. The molecule has 0 amide bonds. The highest BCUT2D eigenvalue weighted by Crippen LogP contribution is 2.41. The van der Waals surface area contributed by atoms with Crippen LogP contribution in [0.1, 0.15) is 82.9 Å². The topological polar surface area (TPSA) is 99.4 Å². The first-order valence-corrected chi connectivity index (χ1v) is 13.7. The van der Waals surface area contributed by atoms with Crippen molar-refractivity contribution in [2.24, 2.45) is 4.99 Å². The van der Waals surface area contributed by atoms with E-state index in [2.05, 4.69) is 42.8 Å². The van der Waals surface area contributed by atoms with Gasteiger partial charge in [-0.1, -0.05) is 34.9 Å². The Bertz CT molecular complexity index is 1160. The van der Waals surface area contributed by atoms with E-state index in [4.69, 9.17) is 4.18 Å². The van der Waals surface area contributed by atoms with Crippen molar-refractivity contribution >= 4 is 16.2 Å². The number of nitrogens with zero attached hydrogens (tertiary/aromatic N) is 2. The lowest BCUT2D eigenvalue weighted by Crippen LogP contribution is -2.24. The molecule has 0 spiro atoms. The molecule has 0 aliphatic carbocycles. The summed E-state index contributed by atoms with van der Waals surface area (Å²) in [5, 5.41) is 10.8. The summed E-state index contributed by atoms with van der Waals surface area (Å²) in [6.45, 7) is 10.3. The summed E-state index contributed by atoms with van der Waals surface area (Å²) in [5.74, 6) is 0.700. The van der Waals surface area contributed by atoms with Gasteiger partial charge < -0.3 is 14.2 Å². The molecule has 0 saturated carbocycles. The minimum Gasteiger partial charge on any atom is -0.507 e. The maximum Gasteiger partial charge on any atom is 0.446 e. The van der Waals surface area contributed by atoms with Crippen molar-refractivity contribution in [2.45, 2.75) is 79.2 Å². The van der Waals surface area contributed by atoms with Crippen molar-refractivity contribution in [1.29, 1.82) is 0 Å². The second-order valence-electron chi connectivity index (χ2n) is 9.74. The molecule has 8 heteroatoms. The molecular weight excluding hydrogens is 464 g/mol. The second kappa shape index (κ2) is 11.9. The fourth-order valence-electron chi connectivity index (χ4n) is 4.51. The molecule has 0 radical (unpaired) electrons. The number of aromatic hydroxyl groups is 1. The van der Waals surface area contributed by atoms with Gasteiger partial charge in [-0.25, -0.2) is 0 Å². The van der Waals surface area contributed by atoms with Gasteiger partial charge in [0.05, 0.1) is 0 Å². The van der Waals surface area contributed by atoms with Gasteiger partial charge in [0.1, 0.15) is 11.6 Å². The van der Waals surface area contributed by atoms with Crippen LogP contribution in [0.5, 0.6) is 11.5 Å². The highest BCUT2D eigenvalue weighted by atomic mass is 32.3. The Morgan fingerprint density at radius 3 is 2.46 bits per heavy atom. The molecule has 2 N–H and O–H groups in total. The quantitative estimate of drug-likeness (QED) is 0.306. The number of hydrogen-bond acceptors (Lipinski definition) is 6. The Morgan fingerprint density at radius 1 is 1.09 bits per heavy atom. The first kappa shape index (κ1) is 27.0. The third-order valence-electron chi connectivity index (χ3n) is 6.42. The number of phenols is 1. The first-order chi connectivity index (χ1) is 16.5. The lowest BCUT2D eigenvalue weighted by Gasteiger charge is -2.16. The summed E-state index contributed by atoms with van der Waals surface area (Å²) < 4.78 is 37.8. The van der Waals surface area contributed by atoms with Crippen LogP contribution in [0.4, 0.5) is 0 Å². The second-order valence-corrected chi connectivity index (χ2v) is 10.8. The summed E-state index contributed by atoms with van der Waals surface area (Å²) in [4.78, 5) is 6.70. The molecule has 0 unspecified atom stereocenters. The van der Waals surface area contributed by atoms with Gasteiger partial charge in [0.25, 0.3) is 0 Å². The molecule has 35 heavy (non-hydrogen) atoms. The van der Waals surface area contributed by atoms with Crippen molar-refractivity contribution in [3.8, 4) is 11.5 Å². The van der Waals surface area contributed by atoms with E-state index in [-0.39, 0.29) is 11.5 Å². The van der Waals surface area contributed by atoms with E-state index in [1.165, 1.54) is 11.1 Å². The van der Waals surface area contributed by atoms with Gasteiger partial charge in [-0.2, -0.15) is 8.42 Å². The van der Waals surface area contributed by atoms with Gasteiger partial charge in [-0.15, -0.1) is 0 Å². The largest absolute Gasteiger partial charge is 0.507 e. The summed E-state index contributed by atoms with van der Waals surface area (Å²) in [5.41, 5.74) is 5.49. The molecule has 0 bridgehead atoms. The van der Waals surface area contributed by atoms with Gasteiger partial charge >= 0.3 is 10.4 Å². The zero-order valence-corrected chi connectivity index (χ0v) is 22.1. The van der Waals surface area contributed by atoms with Gasteiger partial charge in [0.15, 0.2) is 5.75 Å². The lowest BCUT2D eigenvalue weighted by molar-refractivity contribution is 0.376. The number of aliphatic imine (C=N–C) groups is 1. The molecule has 1 aromatic rings. The summed E-state index contributed by atoms with van der Waals surface area (Å²) in [6, 6.07) is 1.65. The molecule has 2 aliphatic rings. The molecule has 2 aliphatic heterocycles. The van der Waals surface area contributed by atoms with Crippen LogP contribution in [-0.4, -0.2) is 41.9 Å². The van der Waals surface area contributed by atoms with Gasteiger partial charge in [0.2, 0.25) is 0 Å². The molecule has 192 valence electrons. The van der Waals surface area contributed by atoms with E-state index >= 15 is 0 Å². The van der Waals surface area contributed by atoms with Crippen LogP contribution in [-0.2, 0) is 23.4 Å². The van der Waals surface area contributed by atoms with Crippen molar-refractivity contribution in [3.05, 3.63) is 57.7 Å². The average molecular weight is 503 g/mol. The van der Waals surface area contributed by atoms with Gasteiger partial charge in [-0.05, 0) is 78.7 Å². The maximum atomic E-state index is 11.7. The fourth-order valence-corrected chi connectivity index (χ4v) is 4.92. The Morgan fingerprint density at radius 2 is 1.77 bits per heavy atom. The van der Waals surface area contributed by atoms with Crippen LogP contribution < -0.4 is 4.18 Å². The molecule has 7 nitrogen and oxygen atoms in total. The van der Waals surface area contributed by atoms with Crippen molar-refractivity contribution < 1.29 is 22.3 Å². The van der Waals surface area contributed by atoms with Crippen LogP contribution in [0.25, 0.3) is 0 Å². The number of hydrogen-bond donors (Lipinski definition) is 2. The monoisotopic (exact) mass is 502 g/mol. The van der Waals surface area contributed by atoms with Crippen LogP contribution in [0.2, 0.25) is 0 Å². The third-order valence-corrected chi connectivity index (χ3v) is 6.79. The fraction of sp³-hybridized carbons (Fsp3) is 0.519. The Labute approximate surface area is 209 Å². The first-order valence-electron chi connectivity index (χ1n) is 12.3. The predicted octanol–water partition coefficient (Wildman–Crippen LogP) is 5.89. The van der Waals surface area contributed by atoms with E-state index < -0.39 is 10.4 Å². The molecule has 3 rings (SSSR count). The number of fused-ring (bicyclic) bond motifs is 3. The molecule has 0 aromatic heterocycles. The zero-order chi connectivity index (χ0) is 25.6. The standard InChI is InChI=1S/C27H38N2O5S/c1-19(2)9-7-10-20(3)11-8-12-21(4)13-14-22-25(30)17-23-24(26(22)34-35(31,32)33)18-29-16-6-5-15-28-27(23)29/h9,11,13,17,30H,5-8,10,12,14-16,18H2,1-4H3,(H,31,32,33). The number of benzene rings is 1. The zero-order valence-electron chi connectivity index (χ0n) is 21.3. The number of amidine groups is 1. The van der Waals surface area contributed by atoms with Crippen molar-refractivity contribution in [1.82, 2.24) is 4.90 Å². The summed E-state index contributed by atoms with van der Waals surface area (Å²) >= 11 is 0. The SMILES string of the molecule is CC(C)=CCCC(C)=CCCC(C)=CCc1c(O)cc2c(c1OS(=O)(=O)O)CN1CCCCN=C21. The highest BCUT2D eigenvalue weighted by Gasteiger charge is 2.33. The molecular formula is C27H38N2O5S. The van der Waals surface area contributed by atoms with E-state index in [9.17, 15) is 18.1 Å². The lowest BCUT2D eigenvalue weighted by atomic mass is 9.99. The van der Waals surface area contributed by atoms with Crippen LogP contribution in [0.15, 0.2) is 46.0 Å². The average Bonchev–Trinajstić information content (AvgIpc) is 2.93. The minimum absolute atomic E-state index is 0.0114. The Hall–Kier alpha value is -2.58. The smallest absolute Gasteiger partial charge is 0.446 e. The molecule has 0 saturated heterocycles. The predicted molar refractivity (Wildman–Crippen MR) is 140 cm³/mol. The third kappa shape index (κ3) is 7.70. The molecule has 0 fully saturated rings. The molecule has 1 aromatic carbocycles. The van der Waals surface area contributed by atoms with Gasteiger partial charge in [-0.3, -0.25) is 9.55 Å². The van der Waals surface area contributed by atoms with E-state index in [0.29, 0.717) is 36.2 Å². The Balaban J connectivity index is 1.78. The molecule has 0 atom stereocenters. The van der Waals surface area contributed by atoms with Crippen molar-refractivity contribution in [2.75, 3.05) is 13.1 Å². The van der Waals surface area contributed by atoms with E-state index in [1.807, 2.05) is 13.0 Å². The maximum absolute atomic E-state index is 11.7. The van der Waals surface area contributed by atoms with Crippen LogP contribution >= 0.6 is 0 Å². The highest BCUT2D eigenvalue weighted by molar-refractivity contribution is 7.81.